The van der Waals surface area contributed by atoms with E-state index in [-0.39, 0.29) is 44.1 Å². The highest BCUT2D eigenvalue weighted by molar-refractivity contribution is 6.37. The van der Waals surface area contributed by atoms with E-state index in [2.05, 4.69) is 22.5 Å². The number of amides is 5. The first kappa shape index (κ1) is 41.5. The van der Waals surface area contributed by atoms with E-state index in [1.807, 2.05) is 6.92 Å². The maximum atomic E-state index is 14.3. The molecule has 5 amide bonds. The zero-order chi connectivity index (χ0) is 37.5. The molecule has 49 heavy (non-hydrogen) atoms. The van der Waals surface area contributed by atoms with Crippen molar-refractivity contribution in [2.45, 2.75) is 136 Å². The van der Waals surface area contributed by atoms with Gasteiger partial charge in [0, 0.05) is 13.0 Å². The predicted molar refractivity (Wildman–Crippen MR) is 176 cm³/mol. The smallest absolute Gasteiger partial charge is 0.389 e. The van der Waals surface area contributed by atoms with E-state index in [4.69, 9.17) is 10.5 Å². The minimum atomic E-state index is -4.37. The molecule has 1 aliphatic heterocycles. The van der Waals surface area contributed by atoms with Gasteiger partial charge in [-0.25, -0.2) is 9.59 Å². The van der Waals surface area contributed by atoms with Crippen molar-refractivity contribution in [1.29, 1.82) is 0 Å². The fourth-order valence-corrected chi connectivity index (χ4v) is 6.07. The van der Waals surface area contributed by atoms with Crippen molar-refractivity contribution < 1.29 is 46.7 Å². The van der Waals surface area contributed by atoms with E-state index in [1.165, 1.54) is 4.90 Å². The predicted octanol–water partition coefficient (Wildman–Crippen LogP) is 3.91. The number of unbranched alkanes of at least 4 members (excludes halogenated alkanes) is 1. The Morgan fingerprint density at radius 2 is 1.57 bits per heavy atom. The van der Waals surface area contributed by atoms with Gasteiger partial charge in [-0.1, -0.05) is 59.5 Å². The molecule has 15 heteroatoms. The molecule has 0 aromatic rings. The fraction of sp³-hybridized carbons (Fsp3) is 0.765. The molecule has 2 fully saturated rings. The number of likely N-dealkylation sites (tertiary alicyclic amines) is 1. The van der Waals surface area contributed by atoms with Gasteiger partial charge in [-0.05, 0) is 63.2 Å². The lowest BCUT2D eigenvalue weighted by atomic mass is 9.85. The van der Waals surface area contributed by atoms with Crippen LogP contribution in [0.4, 0.5) is 18.0 Å². The van der Waals surface area contributed by atoms with E-state index in [0.717, 1.165) is 12.8 Å². The molecule has 1 saturated carbocycles. The Hall–Kier alpha value is -3.65. The molecule has 5 N–H and O–H groups in total. The molecule has 1 aliphatic carbocycles. The second-order valence-corrected chi connectivity index (χ2v) is 15.2. The number of halogens is 3. The summed E-state index contributed by atoms with van der Waals surface area (Å²) in [6, 6.07) is -5.67. The lowest BCUT2D eigenvalue weighted by molar-refractivity contribution is -0.157. The number of carbonyl (C=O) groups excluding carboxylic acids is 6. The number of esters is 1. The third kappa shape index (κ3) is 13.0. The number of ketones is 1. The summed E-state index contributed by atoms with van der Waals surface area (Å²) in [7, 11) is 0. The number of primary amides is 1. The molecule has 1 saturated heterocycles. The lowest BCUT2D eigenvalue weighted by Gasteiger charge is -2.36. The summed E-state index contributed by atoms with van der Waals surface area (Å²) in [6.45, 7) is 15.7. The first-order valence-electron chi connectivity index (χ1n) is 16.9. The molecule has 0 bridgehead atoms. The molecule has 6 atom stereocenters. The maximum absolute atomic E-state index is 14.3. The zero-order valence-electron chi connectivity index (χ0n) is 29.7. The molecule has 2 aliphatic rings. The Bertz CT molecular complexity index is 1240. The quantitative estimate of drug-likeness (QED) is 0.0816. The van der Waals surface area contributed by atoms with Gasteiger partial charge in [-0.15, -0.1) is 6.58 Å². The Balaban J connectivity index is 2.34. The van der Waals surface area contributed by atoms with Crippen LogP contribution in [0, 0.1) is 23.2 Å². The monoisotopic (exact) mass is 701 g/mol. The molecule has 0 aromatic carbocycles. The topological polar surface area (TPSA) is 177 Å². The number of alkyl halides is 3. The highest BCUT2D eigenvalue weighted by atomic mass is 19.4. The number of nitrogens with two attached hydrogens (primary N) is 1. The third-order valence-corrected chi connectivity index (χ3v) is 8.75. The van der Waals surface area contributed by atoms with Gasteiger partial charge in [0.1, 0.15) is 23.7 Å². The van der Waals surface area contributed by atoms with Gasteiger partial charge < -0.3 is 31.3 Å². The summed E-state index contributed by atoms with van der Waals surface area (Å²) < 4.78 is 43.5. The van der Waals surface area contributed by atoms with Crippen LogP contribution >= 0.6 is 0 Å². The second kappa shape index (κ2) is 16.8. The Morgan fingerprint density at radius 1 is 0.959 bits per heavy atom. The van der Waals surface area contributed by atoms with Crippen molar-refractivity contribution in [1.82, 2.24) is 20.9 Å². The van der Waals surface area contributed by atoms with Gasteiger partial charge in [0.2, 0.25) is 17.6 Å². The van der Waals surface area contributed by atoms with Crippen molar-refractivity contribution >= 4 is 35.5 Å². The van der Waals surface area contributed by atoms with Gasteiger partial charge in [0.05, 0.1) is 6.04 Å². The summed E-state index contributed by atoms with van der Waals surface area (Å²) in [4.78, 5) is 80.3. The molecule has 0 spiro atoms. The van der Waals surface area contributed by atoms with E-state index in [1.54, 1.807) is 47.6 Å². The summed E-state index contributed by atoms with van der Waals surface area (Å²) in [5.41, 5.74) is 3.40. The maximum Gasteiger partial charge on any atom is 0.389 e. The number of hydrogen-bond donors (Lipinski definition) is 4. The van der Waals surface area contributed by atoms with E-state index < -0.39 is 89.2 Å². The van der Waals surface area contributed by atoms with Gasteiger partial charge in [0.25, 0.3) is 5.91 Å². The number of Topliss-reactive ketones (excluding diaryl/α,β-unsaturated/α-hetero) is 1. The SMILES string of the molecule is C=C[C@H]1CN(C(=O)[C@@H](NC(=O)NC(CCCCC(F)(F)F)C(=O)OC(C)(C)C)C(C)(C)C)[C@H](C(=O)NC(CC2CC2)C(=O)C(N)=O)[C@H]1CC. The molecular formula is C34H54F3N5O7. The van der Waals surface area contributed by atoms with Crippen LogP contribution in [0.15, 0.2) is 12.7 Å². The molecule has 12 nitrogen and oxygen atoms in total. The van der Waals surface area contributed by atoms with Gasteiger partial charge in [0.15, 0.2) is 0 Å². The minimum absolute atomic E-state index is 0.0305. The summed E-state index contributed by atoms with van der Waals surface area (Å²) in [6.07, 6.45) is -1.77. The fourth-order valence-electron chi connectivity index (χ4n) is 6.07. The van der Waals surface area contributed by atoms with Crippen LogP contribution in [-0.2, 0) is 28.7 Å². The average Bonchev–Trinajstić information content (AvgIpc) is 3.70. The molecule has 2 unspecified atom stereocenters. The number of nitrogens with zero attached hydrogens (tertiary/aromatic N) is 1. The summed E-state index contributed by atoms with van der Waals surface area (Å²) in [5, 5.41) is 7.78. The number of hydrogen-bond acceptors (Lipinski definition) is 7. The van der Waals surface area contributed by atoms with Crippen molar-refractivity contribution in [3.05, 3.63) is 12.7 Å². The summed E-state index contributed by atoms with van der Waals surface area (Å²) >= 11 is 0. The average molecular weight is 702 g/mol. The first-order chi connectivity index (χ1) is 22.5. The third-order valence-electron chi connectivity index (χ3n) is 8.75. The first-order valence-corrected chi connectivity index (χ1v) is 16.9. The molecule has 2 rings (SSSR count). The number of nitrogens with one attached hydrogen (secondary N) is 3. The van der Waals surface area contributed by atoms with E-state index >= 15 is 0 Å². The zero-order valence-corrected chi connectivity index (χ0v) is 29.7. The van der Waals surface area contributed by atoms with Crippen LogP contribution in [0.1, 0.15) is 99.8 Å². The Labute approximate surface area is 286 Å². The highest BCUT2D eigenvalue weighted by Crippen LogP contribution is 2.37. The van der Waals surface area contributed by atoms with Crippen molar-refractivity contribution in [3.8, 4) is 0 Å². The minimum Gasteiger partial charge on any atom is -0.458 e. The number of urea groups is 1. The van der Waals surface area contributed by atoms with E-state index in [0.29, 0.717) is 6.42 Å². The van der Waals surface area contributed by atoms with Crippen LogP contribution < -0.4 is 21.7 Å². The van der Waals surface area contributed by atoms with Crippen LogP contribution in [0.25, 0.3) is 0 Å². The van der Waals surface area contributed by atoms with Crippen LogP contribution in [-0.4, -0.2) is 82.9 Å². The van der Waals surface area contributed by atoms with Crippen LogP contribution in [0.3, 0.4) is 0 Å². The van der Waals surface area contributed by atoms with Gasteiger partial charge in [-0.3, -0.25) is 19.2 Å². The molecule has 0 radical (unpaired) electrons. The normalized spacial score (nSPS) is 21.6. The lowest BCUT2D eigenvalue weighted by Crippen LogP contribution is -2.61. The summed E-state index contributed by atoms with van der Waals surface area (Å²) in [5.74, 6) is -4.70. The van der Waals surface area contributed by atoms with Crippen molar-refractivity contribution in [2.24, 2.45) is 28.9 Å². The molecule has 0 aromatic heterocycles. The Morgan fingerprint density at radius 3 is 2.04 bits per heavy atom. The molecule has 278 valence electrons. The Kier molecular flexibility index (Phi) is 14.3. The van der Waals surface area contributed by atoms with Gasteiger partial charge in [-0.2, -0.15) is 13.2 Å². The van der Waals surface area contributed by atoms with Crippen LogP contribution in [0.5, 0.6) is 0 Å². The van der Waals surface area contributed by atoms with Crippen molar-refractivity contribution in [3.63, 3.8) is 0 Å². The largest absolute Gasteiger partial charge is 0.458 e. The standard InChI is InChI=1S/C34H54F3N5O7/c1-9-20-18-42(24(21(20)10-2)28(45)39-23(17-19-14-15-19)25(43)27(38)44)29(46)26(32(3,4)5)41-31(48)40-22(30(47)49-33(6,7)8)13-11-12-16-34(35,36)37/h9,19-24,26H,1,10-18H2,2-8H3,(H2,38,44)(H,39,45)(H2,40,41,48)/t20-,21-,22?,23?,24-,26+/m0/s1. The number of ether oxygens (including phenoxy) is 1. The molecule has 1 heterocycles. The number of carbonyl (C=O) groups is 6. The van der Waals surface area contributed by atoms with E-state index in [9.17, 15) is 41.9 Å². The molecular weight excluding hydrogens is 647 g/mol. The highest BCUT2D eigenvalue weighted by Gasteiger charge is 2.50. The second-order valence-electron chi connectivity index (χ2n) is 15.2. The number of rotatable bonds is 16. The van der Waals surface area contributed by atoms with Crippen LogP contribution in [0.2, 0.25) is 0 Å². The van der Waals surface area contributed by atoms with Gasteiger partial charge >= 0.3 is 18.2 Å². The van der Waals surface area contributed by atoms with Crippen molar-refractivity contribution in [2.75, 3.05) is 6.54 Å².